The van der Waals surface area contributed by atoms with E-state index in [9.17, 15) is 0 Å². The Morgan fingerprint density at radius 3 is 2.78 bits per heavy atom. The molecule has 1 fully saturated rings. The molecule has 1 unspecified atom stereocenters. The van der Waals surface area contributed by atoms with Crippen molar-refractivity contribution >= 4 is 29.9 Å². The molecule has 1 aliphatic rings. The predicted octanol–water partition coefficient (Wildman–Crippen LogP) is 2.32. The van der Waals surface area contributed by atoms with Gasteiger partial charge in [-0.15, -0.1) is 24.0 Å². The topological polar surface area (TPSA) is 48.9 Å². The number of aliphatic imine (C=N–C) groups is 1. The zero-order valence-corrected chi connectivity index (χ0v) is 16.7. The Morgan fingerprint density at radius 1 is 1.35 bits per heavy atom. The first-order chi connectivity index (χ1) is 10.7. The second-order valence-corrected chi connectivity index (χ2v) is 5.76. The molecule has 0 saturated carbocycles. The van der Waals surface area contributed by atoms with Gasteiger partial charge in [0, 0.05) is 32.2 Å². The van der Waals surface area contributed by atoms with Crippen molar-refractivity contribution in [1.29, 1.82) is 0 Å². The first-order valence-electron chi connectivity index (χ1n) is 8.06. The quantitative estimate of drug-likeness (QED) is 0.412. The van der Waals surface area contributed by atoms with Gasteiger partial charge in [-0.3, -0.25) is 4.99 Å². The predicted molar refractivity (Wildman–Crippen MR) is 107 cm³/mol. The molecule has 0 aromatic heterocycles. The second kappa shape index (κ2) is 10.7. The van der Waals surface area contributed by atoms with Gasteiger partial charge in [0.1, 0.15) is 5.75 Å². The van der Waals surface area contributed by atoms with Gasteiger partial charge in [-0.1, -0.05) is 18.2 Å². The molecule has 2 N–H and O–H groups in total. The third-order valence-electron chi connectivity index (χ3n) is 3.99. The molecule has 1 aromatic rings. The van der Waals surface area contributed by atoms with Crippen LogP contribution in [0.3, 0.4) is 0 Å². The van der Waals surface area contributed by atoms with Crippen molar-refractivity contribution in [3.63, 3.8) is 0 Å². The van der Waals surface area contributed by atoms with E-state index in [4.69, 9.17) is 4.74 Å². The molecular formula is C17H29IN4O. The van der Waals surface area contributed by atoms with Crippen LogP contribution in [0, 0.1) is 5.92 Å². The van der Waals surface area contributed by atoms with Crippen molar-refractivity contribution in [2.75, 3.05) is 40.3 Å². The van der Waals surface area contributed by atoms with Gasteiger partial charge in [-0.05, 0) is 38.9 Å². The Morgan fingerprint density at radius 2 is 2.13 bits per heavy atom. The molecule has 1 saturated heterocycles. The van der Waals surface area contributed by atoms with Crippen LogP contribution in [0.25, 0.3) is 0 Å². The number of ether oxygens (including phenoxy) is 1. The number of nitrogens with zero attached hydrogens (tertiary/aromatic N) is 2. The molecular weight excluding hydrogens is 403 g/mol. The molecule has 23 heavy (non-hydrogen) atoms. The number of hydrogen-bond donors (Lipinski definition) is 2. The monoisotopic (exact) mass is 432 g/mol. The third kappa shape index (κ3) is 6.55. The van der Waals surface area contributed by atoms with E-state index in [1.165, 1.54) is 13.0 Å². The zero-order valence-electron chi connectivity index (χ0n) is 14.3. The number of halogens is 1. The standard InChI is InChI=1S/C17H28N4O.HI/c1-4-22-16-8-6-5-7-15(16)12-20-17(18-2)19-11-14-9-10-21(3)13-14;/h5-8,14H,4,9-13H2,1-3H3,(H2,18,19,20);1H. The molecule has 2 rings (SSSR count). The fraction of sp³-hybridized carbons (Fsp3) is 0.588. The van der Waals surface area contributed by atoms with Crippen LogP contribution in [0.15, 0.2) is 29.3 Å². The van der Waals surface area contributed by atoms with Crippen molar-refractivity contribution < 1.29 is 4.74 Å². The summed E-state index contributed by atoms with van der Waals surface area (Å²) < 4.78 is 5.65. The highest BCUT2D eigenvalue weighted by atomic mass is 127. The van der Waals surface area contributed by atoms with Crippen LogP contribution in [0.5, 0.6) is 5.75 Å². The van der Waals surface area contributed by atoms with Crippen LogP contribution in [0.1, 0.15) is 18.9 Å². The van der Waals surface area contributed by atoms with Gasteiger partial charge in [0.25, 0.3) is 0 Å². The van der Waals surface area contributed by atoms with E-state index in [0.717, 1.165) is 30.4 Å². The van der Waals surface area contributed by atoms with E-state index in [-0.39, 0.29) is 24.0 Å². The Hall–Kier alpha value is -1.02. The first kappa shape index (κ1) is 20.0. The molecule has 0 aliphatic carbocycles. The zero-order chi connectivity index (χ0) is 15.8. The summed E-state index contributed by atoms with van der Waals surface area (Å²) in [5.41, 5.74) is 1.15. The number of rotatable bonds is 6. The number of benzene rings is 1. The minimum Gasteiger partial charge on any atom is -0.494 e. The van der Waals surface area contributed by atoms with E-state index >= 15 is 0 Å². The molecule has 6 heteroatoms. The van der Waals surface area contributed by atoms with Crippen LogP contribution in [-0.2, 0) is 6.54 Å². The summed E-state index contributed by atoms with van der Waals surface area (Å²) in [6.45, 7) is 6.72. The normalized spacial score (nSPS) is 18.4. The minimum atomic E-state index is 0. The molecule has 1 aromatic carbocycles. The summed E-state index contributed by atoms with van der Waals surface area (Å²) >= 11 is 0. The van der Waals surface area contributed by atoms with Crippen LogP contribution >= 0.6 is 24.0 Å². The van der Waals surface area contributed by atoms with Gasteiger partial charge in [-0.25, -0.2) is 0 Å². The first-order valence-corrected chi connectivity index (χ1v) is 8.06. The van der Waals surface area contributed by atoms with Crippen LogP contribution in [0.4, 0.5) is 0 Å². The Bertz CT molecular complexity index is 495. The summed E-state index contributed by atoms with van der Waals surface area (Å²) in [6, 6.07) is 8.12. The van der Waals surface area contributed by atoms with Crippen molar-refractivity contribution in [3.05, 3.63) is 29.8 Å². The minimum absolute atomic E-state index is 0. The lowest BCUT2D eigenvalue weighted by atomic mass is 10.1. The van der Waals surface area contributed by atoms with Gasteiger partial charge < -0.3 is 20.3 Å². The average Bonchev–Trinajstić information content (AvgIpc) is 2.95. The number of para-hydroxylation sites is 1. The molecule has 1 atom stereocenters. The van der Waals surface area contributed by atoms with Crippen molar-refractivity contribution in [2.24, 2.45) is 10.9 Å². The van der Waals surface area contributed by atoms with E-state index in [1.54, 1.807) is 0 Å². The van der Waals surface area contributed by atoms with E-state index < -0.39 is 0 Å². The van der Waals surface area contributed by atoms with Crippen LogP contribution in [0.2, 0.25) is 0 Å². The van der Waals surface area contributed by atoms with Gasteiger partial charge in [-0.2, -0.15) is 0 Å². The van der Waals surface area contributed by atoms with Crippen molar-refractivity contribution in [1.82, 2.24) is 15.5 Å². The number of hydrogen-bond acceptors (Lipinski definition) is 3. The Labute approximate surface area is 156 Å². The van der Waals surface area contributed by atoms with E-state index in [0.29, 0.717) is 19.1 Å². The Balaban J connectivity index is 0.00000264. The maximum Gasteiger partial charge on any atom is 0.191 e. The summed E-state index contributed by atoms with van der Waals surface area (Å²) in [5.74, 6) is 2.49. The van der Waals surface area contributed by atoms with Crippen molar-refractivity contribution in [3.8, 4) is 5.75 Å². The highest BCUT2D eigenvalue weighted by molar-refractivity contribution is 14.0. The fourth-order valence-electron chi connectivity index (χ4n) is 2.78. The molecule has 0 bridgehead atoms. The molecule has 0 radical (unpaired) electrons. The molecule has 1 heterocycles. The van der Waals surface area contributed by atoms with E-state index in [1.807, 2.05) is 32.2 Å². The molecule has 130 valence electrons. The van der Waals surface area contributed by atoms with E-state index in [2.05, 4.69) is 33.6 Å². The summed E-state index contributed by atoms with van der Waals surface area (Å²) in [4.78, 5) is 6.67. The third-order valence-corrected chi connectivity index (χ3v) is 3.99. The number of likely N-dealkylation sites (tertiary alicyclic amines) is 1. The average molecular weight is 432 g/mol. The second-order valence-electron chi connectivity index (χ2n) is 5.76. The lowest BCUT2D eigenvalue weighted by Gasteiger charge is -2.16. The lowest BCUT2D eigenvalue weighted by molar-refractivity contribution is 0.336. The maximum absolute atomic E-state index is 5.65. The lowest BCUT2D eigenvalue weighted by Crippen LogP contribution is -2.39. The van der Waals surface area contributed by atoms with Gasteiger partial charge >= 0.3 is 0 Å². The smallest absolute Gasteiger partial charge is 0.191 e. The van der Waals surface area contributed by atoms with Gasteiger partial charge in [0.05, 0.1) is 6.61 Å². The highest BCUT2D eigenvalue weighted by Gasteiger charge is 2.19. The highest BCUT2D eigenvalue weighted by Crippen LogP contribution is 2.17. The summed E-state index contributed by atoms with van der Waals surface area (Å²) in [5, 5.41) is 6.79. The molecule has 0 amide bonds. The summed E-state index contributed by atoms with van der Waals surface area (Å²) in [6.07, 6.45) is 1.26. The SMILES string of the molecule is CCOc1ccccc1CNC(=NC)NCC1CCN(C)C1.I. The largest absolute Gasteiger partial charge is 0.494 e. The fourth-order valence-corrected chi connectivity index (χ4v) is 2.78. The molecule has 1 aliphatic heterocycles. The molecule has 5 nitrogen and oxygen atoms in total. The van der Waals surface area contributed by atoms with Gasteiger partial charge in [0.2, 0.25) is 0 Å². The molecule has 0 spiro atoms. The Kier molecular flexibility index (Phi) is 9.31. The van der Waals surface area contributed by atoms with Gasteiger partial charge in [0.15, 0.2) is 5.96 Å². The van der Waals surface area contributed by atoms with Crippen molar-refractivity contribution in [2.45, 2.75) is 19.9 Å². The number of guanidine groups is 1. The maximum atomic E-state index is 5.65. The number of nitrogens with one attached hydrogen (secondary N) is 2. The van der Waals surface area contributed by atoms with Crippen LogP contribution in [-0.4, -0.2) is 51.2 Å². The van der Waals surface area contributed by atoms with Crippen LogP contribution < -0.4 is 15.4 Å². The summed E-state index contributed by atoms with van der Waals surface area (Å²) in [7, 11) is 3.99.